The predicted octanol–water partition coefficient (Wildman–Crippen LogP) is 4.73. The third-order valence-electron chi connectivity index (χ3n) is 5.22. The summed E-state index contributed by atoms with van der Waals surface area (Å²) < 4.78 is 46.6. The average molecular weight is 389 g/mol. The van der Waals surface area contributed by atoms with Crippen molar-refractivity contribution in [2.24, 2.45) is 0 Å². The number of halogens is 3. The van der Waals surface area contributed by atoms with Crippen molar-refractivity contribution in [3.8, 4) is 5.75 Å². The van der Waals surface area contributed by atoms with Gasteiger partial charge in [0.05, 0.1) is 19.3 Å². The molecular weight excluding hydrogens is 367 g/mol. The second-order valence-corrected chi connectivity index (χ2v) is 7.31. The first-order chi connectivity index (χ1) is 13.5. The molecule has 3 nitrogen and oxygen atoms in total. The van der Waals surface area contributed by atoms with Crippen molar-refractivity contribution in [1.82, 2.24) is 4.90 Å². The zero-order valence-electron chi connectivity index (χ0n) is 15.4. The van der Waals surface area contributed by atoms with E-state index in [1.807, 2.05) is 6.07 Å². The fourth-order valence-electron chi connectivity index (χ4n) is 3.99. The molecule has 2 unspecified atom stereocenters. The van der Waals surface area contributed by atoms with Crippen LogP contribution in [0, 0.1) is 0 Å². The van der Waals surface area contributed by atoms with Crippen molar-refractivity contribution < 1.29 is 22.6 Å². The lowest BCUT2D eigenvalue weighted by atomic mass is 9.90. The van der Waals surface area contributed by atoms with Gasteiger partial charge in [0.15, 0.2) is 0 Å². The molecule has 2 heterocycles. The van der Waals surface area contributed by atoms with Crippen LogP contribution in [-0.2, 0) is 17.7 Å². The predicted molar refractivity (Wildman–Crippen MR) is 99.9 cm³/mol. The molecule has 0 N–H and O–H groups in total. The van der Waals surface area contributed by atoms with Gasteiger partial charge in [0, 0.05) is 12.6 Å². The molecule has 2 aliphatic heterocycles. The van der Waals surface area contributed by atoms with Crippen LogP contribution in [-0.4, -0.2) is 36.6 Å². The van der Waals surface area contributed by atoms with Gasteiger partial charge in [0.2, 0.25) is 0 Å². The smallest absolute Gasteiger partial charge is 0.406 e. The molecule has 1 saturated heterocycles. The molecule has 2 aromatic rings. The van der Waals surface area contributed by atoms with E-state index in [1.165, 1.54) is 23.3 Å². The van der Waals surface area contributed by atoms with E-state index in [0.29, 0.717) is 19.3 Å². The van der Waals surface area contributed by atoms with Crippen molar-refractivity contribution in [3.63, 3.8) is 0 Å². The van der Waals surface area contributed by atoms with E-state index in [-0.39, 0.29) is 11.8 Å². The van der Waals surface area contributed by atoms with Gasteiger partial charge in [-0.15, -0.1) is 13.2 Å². The third-order valence-corrected chi connectivity index (χ3v) is 5.22. The van der Waals surface area contributed by atoms with E-state index in [2.05, 4.69) is 40.0 Å². The Kier molecular flexibility index (Phi) is 5.42. The van der Waals surface area contributed by atoms with Crippen molar-refractivity contribution in [3.05, 3.63) is 77.4 Å². The van der Waals surface area contributed by atoms with Crippen molar-refractivity contribution in [2.75, 3.05) is 13.2 Å². The number of ether oxygens (including phenoxy) is 2. The number of hydrogen-bond acceptors (Lipinski definition) is 3. The van der Waals surface area contributed by atoms with Gasteiger partial charge in [-0.2, -0.15) is 0 Å². The molecule has 0 radical (unpaired) electrons. The number of morpholine rings is 1. The SMILES string of the molecule is FC(F)(F)Oc1ccc(CC2=CC3COCC(C2)N3Cc2ccccc2)cc1. The van der Waals surface area contributed by atoms with Crippen LogP contribution in [0.2, 0.25) is 0 Å². The fourth-order valence-corrected chi connectivity index (χ4v) is 3.99. The van der Waals surface area contributed by atoms with Gasteiger partial charge in [-0.3, -0.25) is 4.90 Å². The van der Waals surface area contributed by atoms with Crippen LogP contribution in [0.1, 0.15) is 17.5 Å². The maximum atomic E-state index is 12.3. The minimum absolute atomic E-state index is 0.187. The summed E-state index contributed by atoms with van der Waals surface area (Å²) in [6, 6.07) is 17.1. The van der Waals surface area contributed by atoms with Crippen LogP contribution < -0.4 is 4.74 Å². The first kappa shape index (κ1) is 19.0. The maximum absolute atomic E-state index is 12.3. The monoisotopic (exact) mass is 389 g/mol. The summed E-state index contributed by atoms with van der Waals surface area (Å²) in [5, 5.41) is 0. The second kappa shape index (κ2) is 7.97. The number of fused-ring (bicyclic) bond motifs is 2. The van der Waals surface area contributed by atoms with Gasteiger partial charge in [0.25, 0.3) is 0 Å². The van der Waals surface area contributed by atoms with Gasteiger partial charge in [0.1, 0.15) is 5.75 Å². The minimum Gasteiger partial charge on any atom is -0.406 e. The molecule has 0 spiro atoms. The van der Waals surface area contributed by atoms with Gasteiger partial charge in [-0.25, -0.2) is 0 Å². The Labute approximate surface area is 162 Å². The maximum Gasteiger partial charge on any atom is 0.573 e. The number of benzene rings is 2. The Bertz CT molecular complexity index is 818. The van der Waals surface area contributed by atoms with Crippen molar-refractivity contribution in [1.29, 1.82) is 0 Å². The second-order valence-electron chi connectivity index (χ2n) is 7.31. The van der Waals surface area contributed by atoms with E-state index in [0.717, 1.165) is 24.9 Å². The normalized spacial score (nSPS) is 22.6. The van der Waals surface area contributed by atoms with Crippen LogP contribution in [0.3, 0.4) is 0 Å². The first-order valence-electron chi connectivity index (χ1n) is 9.38. The molecular formula is C22H22F3NO2. The molecule has 0 aromatic heterocycles. The quantitative estimate of drug-likeness (QED) is 0.691. The molecule has 0 saturated carbocycles. The minimum atomic E-state index is -4.66. The highest BCUT2D eigenvalue weighted by molar-refractivity contribution is 5.31. The molecule has 1 fully saturated rings. The molecule has 2 bridgehead atoms. The number of nitrogens with zero attached hydrogens (tertiary/aromatic N) is 1. The Balaban J connectivity index is 1.43. The van der Waals surface area contributed by atoms with Crippen molar-refractivity contribution >= 4 is 0 Å². The van der Waals surface area contributed by atoms with E-state index < -0.39 is 6.36 Å². The summed E-state index contributed by atoms with van der Waals surface area (Å²) >= 11 is 0. The van der Waals surface area contributed by atoms with Crippen molar-refractivity contribution in [2.45, 2.75) is 37.8 Å². The zero-order chi connectivity index (χ0) is 19.6. The average Bonchev–Trinajstić information content (AvgIpc) is 2.64. The summed E-state index contributed by atoms with van der Waals surface area (Å²) in [5.41, 5.74) is 3.58. The van der Waals surface area contributed by atoms with Crippen LogP contribution in [0.25, 0.3) is 0 Å². The Morgan fingerprint density at radius 2 is 1.71 bits per heavy atom. The summed E-state index contributed by atoms with van der Waals surface area (Å²) in [6.07, 6.45) is -0.756. The molecule has 2 atom stereocenters. The molecule has 2 aliphatic rings. The van der Waals surface area contributed by atoms with Gasteiger partial charge in [-0.05, 0) is 36.1 Å². The Morgan fingerprint density at radius 3 is 2.39 bits per heavy atom. The van der Waals surface area contributed by atoms with E-state index in [1.54, 1.807) is 12.1 Å². The van der Waals surface area contributed by atoms with Gasteiger partial charge in [-0.1, -0.05) is 54.1 Å². The molecule has 6 heteroatoms. The summed E-state index contributed by atoms with van der Waals surface area (Å²) in [6.45, 7) is 2.27. The molecule has 2 aromatic carbocycles. The number of hydrogen-bond donors (Lipinski definition) is 0. The van der Waals surface area contributed by atoms with Crippen LogP contribution >= 0.6 is 0 Å². The third kappa shape index (κ3) is 4.75. The summed E-state index contributed by atoms with van der Waals surface area (Å²) in [4.78, 5) is 2.49. The summed E-state index contributed by atoms with van der Waals surface area (Å²) in [7, 11) is 0. The highest BCUT2D eigenvalue weighted by Crippen LogP contribution is 2.31. The Morgan fingerprint density at radius 1 is 0.964 bits per heavy atom. The highest BCUT2D eigenvalue weighted by Gasteiger charge is 2.34. The zero-order valence-corrected chi connectivity index (χ0v) is 15.4. The van der Waals surface area contributed by atoms with Crippen LogP contribution in [0.5, 0.6) is 5.75 Å². The van der Waals surface area contributed by atoms with Crippen LogP contribution in [0.15, 0.2) is 66.2 Å². The van der Waals surface area contributed by atoms with E-state index >= 15 is 0 Å². The van der Waals surface area contributed by atoms with Crippen LogP contribution in [0.4, 0.5) is 13.2 Å². The highest BCUT2D eigenvalue weighted by atomic mass is 19.4. The molecule has 148 valence electrons. The Hall–Kier alpha value is -2.31. The van der Waals surface area contributed by atoms with E-state index in [4.69, 9.17) is 4.74 Å². The molecule has 0 amide bonds. The first-order valence-corrected chi connectivity index (χ1v) is 9.38. The standard InChI is InChI=1S/C22H22F3NO2/c23-22(24,25)28-21-8-6-16(7-9-21)10-18-11-19-14-27-15-20(12-18)26(19)13-17-4-2-1-3-5-17/h1-9,11,19-20H,10,12-15H2. The largest absolute Gasteiger partial charge is 0.573 e. The number of rotatable bonds is 5. The topological polar surface area (TPSA) is 21.7 Å². The lowest BCUT2D eigenvalue weighted by Crippen LogP contribution is -2.53. The summed E-state index contributed by atoms with van der Waals surface area (Å²) in [5.74, 6) is -0.187. The molecule has 28 heavy (non-hydrogen) atoms. The van der Waals surface area contributed by atoms with Gasteiger partial charge < -0.3 is 9.47 Å². The molecule has 0 aliphatic carbocycles. The lowest BCUT2D eigenvalue weighted by molar-refractivity contribution is -0.274. The lowest BCUT2D eigenvalue weighted by Gasteiger charge is -2.45. The number of alkyl halides is 3. The molecule has 4 rings (SSSR count). The van der Waals surface area contributed by atoms with E-state index in [9.17, 15) is 13.2 Å². The fraction of sp³-hybridized carbons (Fsp3) is 0.364. The van der Waals surface area contributed by atoms with Gasteiger partial charge >= 0.3 is 6.36 Å².